The number of tetrazole rings is 1. The first-order chi connectivity index (χ1) is 10.8. The van der Waals surface area contributed by atoms with E-state index in [4.69, 9.17) is 5.26 Å². The van der Waals surface area contributed by atoms with Gasteiger partial charge in [0.15, 0.2) is 0 Å². The molecule has 0 fully saturated rings. The molecule has 8 heteroatoms. The van der Waals surface area contributed by atoms with Crippen molar-refractivity contribution in [2.45, 2.75) is 43.6 Å². The summed E-state index contributed by atoms with van der Waals surface area (Å²) in [5.41, 5.74) is 0.663. The topological polar surface area (TPSA) is 96.5 Å². The Morgan fingerprint density at radius 2 is 2.09 bits per heavy atom. The number of nitriles is 1. The van der Waals surface area contributed by atoms with Crippen LogP contribution in [0.4, 0.5) is 5.69 Å². The fraction of sp³-hybridized carbons (Fsp3) is 0.400. The van der Waals surface area contributed by atoms with Crippen molar-refractivity contribution in [3.8, 4) is 6.07 Å². The van der Waals surface area contributed by atoms with Gasteiger partial charge < -0.3 is 5.32 Å². The molecule has 1 atom stereocenters. The normalized spacial score (nSPS) is 12.5. The molecule has 0 aliphatic rings. The first-order valence-corrected chi connectivity index (χ1v) is 7.96. The number of hydrogen-bond acceptors (Lipinski definition) is 6. The summed E-state index contributed by atoms with van der Waals surface area (Å²) in [6, 6.07) is 8.94. The smallest absolute Gasteiger partial charge is 0.237 e. The maximum Gasteiger partial charge on any atom is 0.237 e. The highest BCUT2D eigenvalue weighted by molar-refractivity contribution is 8.00. The van der Waals surface area contributed by atoms with Crippen molar-refractivity contribution in [1.82, 2.24) is 20.2 Å². The summed E-state index contributed by atoms with van der Waals surface area (Å²) in [6.45, 7) is 7.74. The number of anilines is 1. The number of thioether (sulfide) groups is 1. The molecule has 2 aromatic rings. The van der Waals surface area contributed by atoms with Crippen LogP contribution >= 0.6 is 11.8 Å². The van der Waals surface area contributed by atoms with E-state index in [-0.39, 0.29) is 11.4 Å². The van der Waals surface area contributed by atoms with Crippen molar-refractivity contribution in [1.29, 1.82) is 5.26 Å². The van der Waals surface area contributed by atoms with Gasteiger partial charge in [-0.25, -0.2) is 4.68 Å². The minimum atomic E-state index is -0.408. The van der Waals surface area contributed by atoms with E-state index < -0.39 is 5.25 Å². The number of nitrogens with zero attached hydrogens (tertiary/aromatic N) is 5. The molecule has 0 saturated carbocycles. The number of nitrogens with one attached hydrogen (secondary N) is 1. The predicted molar refractivity (Wildman–Crippen MR) is 87.9 cm³/mol. The summed E-state index contributed by atoms with van der Waals surface area (Å²) in [7, 11) is 0. The summed E-state index contributed by atoms with van der Waals surface area (Å²) in [6.07, 6.45) is 0. The van der Waals surface area contributed by atoms with E-state index in [2.05, 4.69) is 26.9 Å². The third kappa shape index (κ3) is 4.07. The molecule has 23 heavy (non-hydrogen) atoms. The van der Waals surface area contributed by atoms with E-state index in [1.165, 1.54) is 11.8 Å². The van der Waals surface area contributed by atoms with E-state index in [0.29, 0.717) is 16.4 Å². The fourth-order valence-corrected chi connectivity index (χ4v) is 2.79. The Kier molecular flexibility index (Phi) is 5.01. The Morgan fingerprint density at radius 3 is 2.74 bits per heavy atom. The average Bonchev–Trinajstić information content (AvgIpc) is 2.96. The van der Waals surface area contributed by atoms with E-state index in [0.717, 1.165) is 0 Å². The van der Waals surface area contributed by atoms with Crippen LogP contribution in [-0.2, 0) is 10.3 Å². The van der Waals surface area contributed by atoms with Crippen LogP contribution in [0.2, 0.25) is 0 Å². The monoisotopic (exact) mass is 330 g/mol. The standard InChI is InChI=1S/C15H18N6OS/c1-10(23-14-18-19-20-21(14)15(2,3)4)13(22)17-12-8-6-5-7-11(12)9-16/h5-8,10H,1-4H3,(H,17,22)/t10-/m0/s1. The Labute approximate surface area is 139 Å². The highest BCUT2D eigenvalue weighted by Gasteiger charge is 2.24. The predicted octanol–water partition coefficient (Wildman–Crippen LogP) is 2.42. The minimum absolute atomic E-state index is 0.207. The molecule has 0 radical (unpaired) electrons. The van der Waals surface area contributed by atoms with Crippen molar-refractivity contribution in [2.24, 2.45) is 0 Å². The number of amides is 1. The van der Waals surface area contributed by atoms with Crippen LogP contribution in [-0.4, -0.2) is 31.4 Å². The highest BCUT2D eigenvalue weighted by atomic mass is 32.2. The number of rotatable bonds is 4. The number of hydrogen-bond donors (Lipinski definition) is 1. The molecular weight excluding hydrogens is 312 g/mol. The zero-order chi connectivity index (χ0) is 17.0. The SMILES string of the molecule is C[C@H](Sc1nnnn1C(C)(C)C)C(=O)Nc1ccccc1C#N. The van der Waals surface area contributed by atoms with Crippen molar-refractivity contribution in [3.05, 3.63) is 29.8 Å². The molecule has 0 aliphatic heterocycles. The Balaban J connectivity index is 2.10. The number of carbonyl (C=O) groups excluding carboxylic acids is 1. The Bertz CT molecular complexity index is 743. The third-order valence-corrected chi connectivity index (χ3v) is 4.07. The van der Waals surface area contributed by atoms with Crippen LogP contribution in [0.25, 0.3) is 0 Å². The number of aromatic nitrogens is 4. The largest absolute Gasteiger partial charge is 0.324 e. The molecule has 1 heterocycles. The lowest BCUT2D eigenvalue weighted by Gasteiger charge is -2.20. The molecule has 120 valence electrons. The lowest BCUT2D eigenvalue weighted by atomic mass is 10.1. The van der Waals surface area contributed by atoms with Crippen molar-refractivity contribution in [3.63, 3.8) is 0 Å². The number of para-hydroxylation sites is 1. The van der Waals surface area contributed by atoms with Gasteiger partial charge >= 0.3 is 0 Å². The molecular formula is C15H18N6OS. The van der Waals surface area contributed by atoms with Crippen molar-refractivity contribution >= 4 is 23.4 Å². The van der Waals surface area contributed by atoms with Crippen LogP contribution < -0.4 is 5.32 Å². The van der Waals surface area contributed by atoms with Gasteiger partial charge in [-0.15, -0.1) is 5.10 Å². The summed E-state index contributed by atoms with van der Waals surface area (Å²) < 4.78 is 1.69. The minimum Gasteiger partial charge on any atom is -0.324 e. The van der Waals surface area contributed by atoms with Crippen LogP contribution in [0.1, 0.15) is 33.3 Å². The molecule has 1 N–H and O–H groups in total. The second-order valence-electron chi connectivity index (χ2n) is 5.95. The van der Waals surface area contributed by atoms with Gasteiger partial charge in [0, 0.05) is 0 Å². The van der Waals surface area contributed by atoms with E-state index >= 15 is 0 Å². The van der Waals surface area contributed by atoms with Gasteiger partial charge in [-0.05, 0) is 50.3 Å². The molecule has 2 rings (SSSR count). The van der Waals surface area contributed by atoms with Crippen molar-refractivity contribution in [2.75, 3.05) is 5.32 Å². The van der Waals surface area contributed by atoms with E-state index in [9.17, 15) is 4.79 Å². The van der Waals surface area contributed by atoms with Gasteiger partial charge in [0.25, 0.3) is 0 Å². The maximum atomic E-state index is 12.3. The average molecular weight is 330 g/mol. The lowest BCUT2D eigenvalue weighted by Crippen LogP contribution is -2.27. The zero-order valence-electron chi connectivity index (χ0n) is 13.4. The summed E-state index contributed by atoms with van der Waals surface area (Å²) >= 11 is 1.28. The van der Waals surface area contributed by atoms with Gasteiger partial charge in [0.05, 0.1) is 22.0 Å². The molecule has 0 unspecified atom stereocenters. The van der Waals surface area contributed by atoms with Crippen LogP contribution in [0.5, 0.6) is 0 Å². The van der Waals surface area contributed by atoms with Crippen LogP contribution in [0, 0.1) is 11.3 Å². The van der Waals surface area contributed by atoms with Gasteiger partial charge in [-0.2, -0.15) is 5.26 Å². The summed E-state index contributed by atoms with van der Waals surface area (Å²) in [5.74, 6) is -0.207. The molecule has 0 saturated heterocycles. The van der Waals surface area contributed by atoms with E-state index in [1.54, 1.807) is 35.9 Å². The zero-order valence-corrected chi connectivity index (χ0v) is 14.3. The molecule has 7 nitrogen and oxygen atoms in total. The Morgan fingerprint density at radius 1 is 1.39 bits per heavy atom. The molecule has 1 aromatic carbocycles. The number of benzene rings is 1. The second-order valence-corrected chi connectivity index (χ2v) is 7.26. The van der Waals surface area contributed by atoms with Crippen LogP contribution in [0.3, 0.4) is 0 Å². The summed E-state index contributed by atoms with van der Waals surface area (Å²) in [5, 5.41) is 23.6. The second kappa shape index (κ2) is 6.79. The molecule has 1 amide bonds. The first-order valence-electron chi connectivity index (χ1n) is 7.08. The van der Waals surface area contributed by atoms with Gasteiger partial charge in [-0.1, -0.05) is 23.9 Å². The Hall–Kier alpha value is -2.40. The van der Waals surface area contributed by atoms with E-state index in [1.807, 2.05) is 20.8 Å². The van der Waals surface area contributed by atoms with Gasteiger partial charge in [0.2, 0.25) is 11.1 Å². The number of carbonyl (C=O) groups is 1. The van der Waals surface area contributed by atoms with Gasteiger partial charge in [0.1, 0.15) is 6.07 Å². The third-order valence-electron chi connectivity index (χ3n) is 3.03. The first kappa shape index (κ1) is 17.0. The molecule has 0 aliphatic carbocycles. The molecule has 0 bridgehead atoms. The molecule has 1 aromatic heterocycles. The van der Waals surface area contributed by atoms with Gasteiger partial charge in [-0.3, -0.25) is 4.79 Å². The summed E-state index contributed by atoms with van der Waals surface area (Å²) in [4.78, 5) is 12.3. The highest BCUT2D eigenvalue weighted by Crippen LogP contribution is 2.26. The maximum absolute atomic E-state index is 12.3. The lowest BCUT2D eigenvalue weighted by molar-refractivity contribution is -0.115. The van der Waals surface area contributed by atoms with Crippen LogP contribution in [0.15, 0.2) is 29.4 Å². The quantitative estimate of drug-likeness (QED) is 0.865. The fourth-order valence-electron chi connectivity index (χ4n) is 1.81. The molecule has 0 spiro atoms. The van der Waals surface area contributed by atoms with Crippen molar-refractivity contribution < 1.29 is 4.79 Å².